The molecule has 2 N–H and O–H groups in total. The first-order valence-electron chi connectivity index (χ1n) is 10.1. The number of Topliss-reactive ketones (excluding diaryl/α,β-unsaturated/α-hetero) is 1. The van der Waals surface area contributed by atoms with Gasteiger partial charge in [0.2, 0.25) is 13.3 Å². The van der Waals surface area contributed by atoms with Gasteiger partial charge >= 0.3 is 0 Å². The summed E-state index contributed by atoms with van der Waals surface area (Å²) in [5.74, 6) is -0.657. The summed E-state index contributed by atoms with van der Waals surface area (Å²) in [5, 5.41) is 7.56. The van der Waals surface area contributed by atoms with E-state index in [1.807, 2.05) is 37.8 Å². The van der Waals surface area contributed by atoms with E-state index in [4.69, 9.17) is 0 Å². The average Bonchev–Trinajstić information content (AvgIpc) is 3.42. The van der Waals surface area contributed by atoms with Crippen molar-refractivity contribution in [2.24, 2.45) is 0 Å². The molecule has 1 aromatic carbocycles. The highest BCUT2D eigenvalue weighted by atomic mass is 32.1. The molecule has 31 heavy (non-hydrogen) atoms. The Bertz CT molecular complexity index is 1110. The van der Waals surface area contributed by atoms with E-state index in [0.717, 1.165) is 24.0 Å². The molecule has 2 amide bonds. The number of carbonyl (C=O) groups excluding carboxylic acids is 3. The minimum atomic E-state index is -0.363. The van der Waals surface area contributed by atoms with Crippen molar-refractivity contribution in [2.45, 2.75) is 33.5 Å². The lowest BCUT2D eigenvalue weighted by Crippen LogP contribution is -2.32. The molecular weight excluding hydrogens is 411 g/mol. The molecule has 159 valence electrons. The number of thiazole rings is 1. The molecule has 2 heterocycles. The molecular formula is C22H24BN4O3S. The normalized spacial score (nSPS) is 10.5. The quantitative estimate of drug-likeness (QED) is 0.396. The van der Waals surface area contributed by atoms with Crippen LogP contribution in [0.25, 0.3) is 11.3 Å². The van der Waals surface area contributed by atoms with Crippen LogP contribution >= 0.6 is 11.3 Å². The summed E-state index contributed by atoms with van der Waals surface area (Å²) >= 11 is 1.29. The SMILES string of the molecule is C[B]n1ccc(C(=O)NCC(=O)Nc2nc(-c3ccc(CCC)c(C(C)=O)c3)cs2)c1. The average molecular weight is 435 g/mol. The van der Waals surface area contributed by atoms with Crippen LogP contribution in [0, 0.1) is 0 Å². The largest absolute Gasteiger partial charge is 0.402 e. The van der Waals surface area contributed by atoms with Gasteiger partial charge in [0.05, 0.1) is 17.8 Å². The van der Waals surface area contributed by atoms with E-state index < -0.39 is 0 Å². The standard InChI is InChI=1S/C22H24BN4O3S/c1-4-5-15-6-7-16(10-18(15)14(2)28)19-13-31-22(25-19)26-20(29)11-24-21(30)17-8-9-27(12-17)23-3/h6-10,12-13H,4-5,11H2,1-3H3,(H,24,30)(H,25,26,29). The fourth-order valence-electron chi connectivity index (χ4n) is 3.15. The van der Waals surface area contributed by atoms with Gasteiger partial charge in [-0.3, -0.25) is 14.4 Å². The van der Waals surface area contributed by atoms with Crippen molar-refractivity contribution in [3.63, 3.8) is 0 Å². The van der Waals surface area contributed by atoms with E-state index >= 15 is 0 Å². The maximum absolute atomic E-state index is 12.2. The van der Waals surface area contributed by atoms with Crippen LogP contribution in [0.5, 0.6) is 0 Å². The number of aryl methyl sites for hydroxylation is 1. The molecule has 9 heteroatoms. The number of ketones is 1. The Kier molecular flexibility index (Phi) is 7.41. The number of hydrogen-bond donors (Lipinski definition) is 2. The van der Waals surface area contributed by atoms with Crippen molar-refractivity contribution < 1.29 is 14.4 Å². The Hall–Kier alpha value is -3.20. The minimum absolute atomic E-state index is 0.0250. The predicted octanol–water partition coefficient (Wildman–Crippen LogP) is 3.65. The zero-order valence-corrected chi connectivity index (χ0v) is 18.6. The molecule has 0 atom stereocenters. The van der Waals surface area contributed by atoms with Gasteiger partial charge in [-0.15, -0.1) is 11.3 Å². The number of aromatic nitrogens is 2. The third kappa shape index (κ3) is 5.70. The van der Waals surface area contributed by atoms with Gasteiger partial charge in [0.25, 0.3) is 5.91 Å². The first-order valence-corrected chi connectivity index (χ1v) is 10.9. The molecule has 0 aliphatic heterocycles. The van der Waals surface area contributed by atoms with Crippen LogP contribution in [0.2, 0.25) is 6.82 Å². The summed E-state index contributed by atoms with van der Waals surface area (Å²) in [6, 6.07) is 7.44. The Balaban J connectivity index is 1.61. The van der Waals surface area contributed by atoms with E-state index in [2.05, 4.69) is 22.5 Å². The highest BCUT2D eigenvalue weighted by Gasteiger charge is 2.13. The number of rotatable bonds is 9. The van der Waals surface area contributed by atoms with Crippen LogP contribution in [0.3, 0.4) is 0 Å². The first kappa shape index (κ1) is 22.5. The van der Waals surface area contributed by atoms with Crippen LogP contribution in [-0.4, -0.2) is 41.0 Å². The minimum Gasteiger partial charge on any atom is -0.402 e. The van der Waals surface area contributed by atoms with Crippen LogP contribution in [0.4, 0.5) is 5.13 Å². The van der Waals surface area contributed by atoms with Crippen molar-refractivity contribution >= 4 is 41.5 Å². The Morgan fingerprint density at radius 3 is 2.71 bits per heavy atom. The molecule has 0 bridgehead atoms. The maximum atomic E-state index is 12.2. The maximum Gasteiger partial charge on any atom is 0.253 e. The summed E-state index contributed by atoms with van der Waals surface area (Å²) in [5.41, 5.74) is 3.73. The molecule has 0 unspecified atom stereocenters. The molecule has 1 radical (unpaired) electrons. The molecule has 3 aromatic rings. The van der Waals surface area contributed by atoms with Gasteiger partial charge in [0, 0.05) is 22.7 Å². The van der Waals surface area contributed by atoms with Crippen molar-refractivity contribution in [2.75, 3.05) is 11.9 Å². The molecule has 0 saturated carbocycles. The number of benzene rings is 1. The summed E-state index contributed by atoms with van der Waals surface area (Å²) in [6.45, 7) is 5.34. The number of amides is 2. The second kappa shape index (κ2) is 10.2. The zero-order valence-electron chi connectivity index (χ0n) is 17.8. The highest BCUT2D eigenvalue weighted by molar-refractivity contribution is 7.14. The highest BCUT2D eigenvalue weighted by Crippen LogP contribution is 2.27. The van der Waals surface area contributed by atoms with Crippen LogP contribution < -0.4 is 10.6 Å². The second-order valence-corrected chi connectivity index (χ2v) is 7.91. The Morgan fingerprint density at radius 1 is 1.23 bits per heavy atom. The van der Waals surface area contributed by atoms with Gasteiger partial charge in [-0.25, -0.2) is 4.98 Å². The number of nitrogens with zero attached hydrogens (tertiary/aromatic N) is 2. The van der Waals surface area contributed by atoms with Gasteiger partial charge in [0.15, 0.2) is 10.9 Å². The van der Waals surface area contributed by atoms with Crippen LogP contribution in [0.1, 0.15) is 46.5 Å². The first-order chi connectivity index (χ1) is 14.9. The Labute approximate surface area is 186 Å². The van der Waals surface area contributed by atoms with Gasteiger partial charge < -0.3 is 15.1 Å². The molecule has 0 saturated heterocycles. The molecule has 7 nitrogen and oxygen atoms in total. The molecule has 0 aliphatic rings. The van der Waals surface area contributed by atoms with Crippen molar-refractivity contribution in [1.82, 2.24) is 14.8 Å². The summed E-state index contributed by atoms with van der Waals surface area (Å²) in [6.07, 6.45) is 5.26. The monoisotopic (exact) mass is 435 g/mol. The second-order valence-electron chi connectivity index (χ2n) is 7.05. The van der Waals surface area contributed by atoms with Crippen molar-refractivity contribution in [3.05, 3.63) is 58.7 Å². The topological polar surface area (TPSA) is 93.1 Å². The van der Waals surface area contributed by atoms with Gasteiger partial charge in [-0.2, -0.15) is 0 Å². The van der Waals surface area contributed by atoms with Crippen LogP contribution in [0.15, 0.2) is 42.0 Å². The lowest BCUT2D eigenvalue weighted by Gasteiger charge is -2.08. The molecule has 3 rings (SSSR count). The lowest BCUT2D eigenvalue weighted by molar-refractivity contribution is -0.115. The number of anilines is 1. The summed E-state index contributed by atoms with van der Waals surface area (Å²) < 4.78 is 1.76. The van der Waals surface area contributed by atoms with E-state index in [9.17, 15) is 14.4 Å². The number of hydrogen-bond acceptors (Lipinski definition) is 5. The van der Waals surface area contributed by atoms with Gasteiger partial charge in [0.1, 0.15) is 0 Å². The third-order valence-corrected chi connectivity index (χ3v) is 5.50. The van der Waals surface area contributed by atoms with E-state index in [1.165, 1.54) is 11.3 Å². The van der Waals surface area contributed by atoms with Gasteiger partial charge in [-0.1, -0.05) is 32.3 Å². The van der Waals surface area contributed by atoms with E-state index in [0.29, 0.717) is 22.0 Å². The van der Waals surface area contributed by atoms with Crippen molar-refractivity contribution in [3.8, 4) is 11.3 Å². The molecule has 0 fully saturated rings. The lowest BCUT2D eigenvalue weighted by atomic mass is 9.97. The summed E-state index contributed by atoms with van der Waals surface area (Å²) in [4.78, 5) is 40.8. The van der Waals surface area contributed by atoms with E-state index in [-0.39, 0.29) is 24.1 Å². The fourth-order valence-corrected chi connectivity index (χ4v) is 3.88. The zero-order chi connectivity index (χ0) is 22.4. The third-order valence-electron chi connectivity index (χ3n) is 4.74. The fraction of sp³-hybridized carbons (Fsp3) is 0.273. The van der Waals surface area contributed by atoms with E-state index in [1.54, 1.807) is 29.9 Å². The number of carbonyl (C=O) groups is 3. The molecule has 0 aliphatic carbocycles. The van der Waals surface area contributed by atoms with Crippen LogP contribution in [-0.2, 0) is 11.2 Å². The Morgan fingerprint density at radius 2 is 2.03 bits per heavy atom. The molecule has 0 spiro atoms. The number of nitrogens with one attached hydrogen (secondary N) is 2. The summed E-state index contributed by atoms with van der Waals surface area (Å²) in [7, 11) is 1.82. The van der Waals surface area contributed by atoms with Crippen molar-refractivity contribution in [1.29, 1.82) is 0 Å². The van der Waals surface area contributed by atoms with Gasteiger partial charge in [-0.05, 0) is 37.2 Å². The smallest absolute Gasteiger partial charge is 0.253 e. The predicted molar refractivity (Wildman–Crippen MR) is 124 cm³/mol. The molecule has 2 aromatic heterocycles.